The number of rotatable bonds is 9. The molecule has 0 aromatic heterocycles. The molecule has 2 N–H and O–H groups in total. The van der Waals surface area contributed by atoms with Crippen molar-refractivity contribution in [1.82, 2.24) is 0 Å². The molecule has 0 amide bonds. The van der Waals surface area contributed by atoms with Gasteiger partial charge in [-0.25, -0.2) is 4.79 Å². The van der Waals surface area contributed by atoms with Crippen LogP contribution in [0.3, 0.4) is 0 Å². The van der Waals surface area contributed by atoms with Crippen LogP contribution < -0.4 is 4.74 Å². The zero-order valence-electron chi connectivity index (χ0n) is 12.1. The van der Waals surface area contributed by atoms with E-state index in [0.29, 0.717) is 11.3 Å². The number of oxime groups is 1. The van der Waals surface area contributed by atoms with Gasteiger partial charge in [-0.2, -0.15) is 0 Å². The van der Waals surface area contributed by atoms with E-state index in [1.54, 1.807) is 0 Å². The highest BCUT2D eigenvalue weighted by atomic mass is 16.6. The Morgan fingerprint density at radius 3 is 2.52 bits per heavy atom. The number of methoxy groups -OCH3 is 1. The number of non-ortho nitro benzene ring substituents is 1. The number of nitro benzene ring substituents is 1. The first-order valence-electron chi connectivity index (χ1n) is 6.30. The van der Waals surface area contributed by atoms with Crippen molar-refractivity contribution in [3.63, 3.8) is 0 Å². The fraction of sp³-hybridized carbons (Fsp3) is 0.308. The van der Waals surface area contributed by atoms with E-state index in [4.69, 9.17) is 19.8 Å². The summed E-state index contributed by atoms with van der Waals surface area (Å²) in [5.74, 6) is -2.26. The molecule has 0 aliphatic carbocycles. The quantitative estimate of drug-likeness (QED) is 0.393. The van der Waals surface area contributed by atoms with E-state index in [0.717, 1.165) is 0 Å². The van der Waals surface area contributed by atoms with Gasteiger partial charge in [0.05, 0.1) is 18.5 Å². The third-order valence-electron chi connectivity index (χ3n) is 2.69. The molecule has 124 valence electrons. The van der Waals surface area contributed by atoms with Gasteiger partial charge in [-0.05, 0) is 6.07 Å². The van der Waals surface area contributed by atoms with Gasteiger partial charge in [0, 0.05) is 24.1 Å². The molecule has 0 saturated carbocycles. The highest BCUT2D eigenvalue weighted by Gasteiger charge is 2.14. The zero-order valence-corrected chi connectivity index (χ0v) is 12.1. The Morgan fingerprint density at radius 2 is 2.00 bits per heavy atom. The fourth-order valence-electron chi connectivity index (χ4n) is 1.59. The summed E-state index contributed by atoms with van der Waals surface area (Å²) in [6.45, 7) is -0.269. The molecule has 0 unspecified atom stereocenters. The first kappa shape index (κ1) is 17.9. The van der Waals surface area contributed by atoms with Crippen molar-refractivity contribution in [3.05, 3.63) is 33.9 Å². The molecule has 10 heteroatoms. The van der Waals surface area contributed by atoms with Gasteiger partial charge in [-0.1, -0.05) is 5.16 Å². The van der Waals surface area contributed by atoms with Gasteiger partial charge in [0.15, 0.2) is 5.71 Å². The normalized spacial score (nSPS) is 10.9. The number of carboxylic acids is 2. The number of nitro groups is 1. The fourth-order valence-corrected chi connectivity index (χ4v) is 1.59. The van der Waals surface area contributed by atoms with E-state index in [9.17, 15) is 19.7 Å². The van der Waals surface area contributed by atoms with Crippen molar-refractivity contribution >= 4 is 23.3 Å². The van der Waals surface area contributed by atoms with Crippen LogP contribution in [0.1, 0.15) is 18.4 Å². The number of carbonyl (C=O) groups is 2. The summed E-state index contributed by atoms with van der Waals surface area (Å²) in [6.07, 6.45) is -0.717. The van der Waals surface area contributed by atoms with E-state index in [1.165, 1.54) is 25.3 Å². The van der Waals surface area contributed by atoms with Gasteiger partial charge >= 0.3 is 11.9 Å². The number of benzene rings is 1. The second kappa shape index (κ2) is 8.32. The average molecular weight is 326 g/mol. The molecule has 0 fully saturated rings. The molecule has 0 bridgehead atoms. The van der Waals surface area contributed by atoms with Crippen LogP contribution in [0.4, 0.5) is 5.69 Å². The third-order valence-corrected chi connectivity index (χ3v) is 2.69. The molecule has 23 heavy (non-hydrogen) atoms. The van der Waals surface area contributed by atoms with Gasteiger partial charge < -0.3 is 19.8 Å². The van der Waals surface area contributed by atoms with Crippen molar-refractivity contribution in [2.24, 2.45) is 5.16 Å². The molecule has 0 heterocycles. The summed E-state index contributed by atoms with van der Waals surface area (Å²) in [5.41, 5.74) is -0.345. The van der Waals surface area contributed by atoms with E-state index in [2.05, 4.69) is 5.16 Å². The van der Waals surface area contributed by atoms with Crippen molar-refractivity contribution in [2.45, 2.75) is 19.4 Å². The minimum absolute atomic E-state index is 0.183. The maximum atomic E-state index is 10.9. The van der Waals surface area contributed by atoms with Gasteiger partial charge in [-0.15, -0.1) is 0 Å². The number of ether oxygens (including phenoxy) is 1. The lowest BCUT2D eigenvalue weighted by atomic mass is 10.2. The van der Waals surface area contributed by atoms with Gasteiger partial charge in [0.25, 0.3) is 5.69 Å². The molecule has 0 atom stereocenters. The maximum absolute atomic E-state index is 10.9. The molecule has 0 saturated heterocycles. The number of aliphatic carboxylic acids is 2. The lowest BCUT2D eigenvalue weighted by Crippen LogP contribution is -2.15. The minimum Gasteiger partial charge on any atom is -0.496 e. The molecule has 0 radical (unpaired) electrons. The Kier molecular flexibility index (Phi) is 6.46. The molecule has 1 rings (SSSR count). The Hall–Kier alpha value is -3.17. The summed E-state index contributed by atoms with van der Waals surface area (Å²) < 4.78 is 5.02. The second-order valence-electron chi connectivity index (χ2n) is 4.26. The zero-order chi connectivity index (χ0) is 17.4. The van der Waals surface area contributed by atoms with Crippen molar-refractivity contribution in [1.29, 1.82) is 0 Å². The smallest absolute Gasteiger partial charge is 0.353 e. The third kappa shape index (κ3) is 5.61. The minimum atomic E-state index is -1.41. The SMILES string of the molecule is COc1ccc([N+](=O)[O-])cc1CON=C(CCC(=O)O)C(=O)O. The molecule has 0 spiro atoms. The first-order valence-corrected chi connectivity index (χ1v) is 6.30. The van der Waals surface area contributed by atoms with Crippen molar-refractivity contribution in [3.8, 4) is 5.75 Å². The lowest BCUT2D eigenvalue weighted by Gasteiger charge is -2.07. The summed E-state index contributed by atoms with van der Waals surface area (Å²) >= 11 is 0. The lowest BCUT2D eigenvalue weighted by molar-refractivity contribution is -0.385. The van der Waals surface area contributed by atoms with Crippen LogP contribution >= 0.6 is 0 Å². The molecule has 0 aliphatic heterocycles. The van der Waals surface area contributed by atoms with Crippen LogP contribution in [0.15, 0.2) is 23.4 Å². The maximum Gasteiger partial charge on any atom is 0.353 e. The van der Waals surface area contributed by atoms with Gasteiger partial charge in [0.1, 0.15) is 12.4 Å². The van der Waals surface area contributed by atoms with Crippen molar-refractivity contribution < 1.29 is 34.3 Å². The number of hydrogen-bond acceptors (Lipinski definition) is 7. The predicted molar refractivity (Wildman–Crippen MR) is 76.4 cm³/mol. The molecule has 1 aromatic rings. The highest BCUT2D eigenvalue weighted by Crippen LogP contribution is 2.24. The standard InChI is InChI=1S/C13H14N2O8/c1-22-11-4-2-9(15(20)21)6-8(11)7-23-14-10(13(18)19)3-5-12(16)17/h2,4,6H,3,5,7H2,1H3,(H,16,17)(H,18,19). The molecule has 1 aromatic carbocycles. The topological polar surface area (TPSA) is 149 Å². The van der Waals surface area contributed by atoms with E-state index in [1.807, 2.05) is 0 Å². The first-order chi connectivity index (χ1) is 10.8. The van der Waals surface area contributed by atoms with E-state index >= 15 is 0 Å². The summed E-state index contributed by atoms with van der Waals surface area (Å²) in [5, 5.41) is 31.5. The van der Waals surface area contributed by atoms with Crippen LogP contribution in [0.2, 0.25) is 0 Å². The summed E-state index contributed by atoms with van der Waals surface area (Å²) in [4.78, 5) is 36.3. The monoisotopic (exact) mass is 326 g/mol. The van der Waals surface area contributed by atoms with Crippen LogP contribution in [0.25, 0.3) is 0 Å². The largest absolute Gasteiger partial charge is 0.496 e. The predicted octanol–water partition coefficient (Wildman–Crippen LogP) is 1.43. The Morgan fingerprint density at radius 1 is 1.30 bits per heavy atom. The number of nitrogens with zero attached hydrogens (tertiary/aromatic N) is 2. The van der Waals surface area contributed by atoms with Crippen molar-refractivity contribution in [2.75, 3.05) is 7.11 Å². The molecular weight excluding hydrogens is 312 g/mol. The van der Waals surface area contributed by atoms with Gasteiger partial charge in [0.2, 0.25) is 0 Å². The molecule has 10 nitrogen and oxygen atoms in total. The average Bonchev–Trinajstić information content (AvgIpc) is 2.49. The Labute approximate surface area is 130 Å². The van der Waals surface area contributed by atoms with E-state index < -0.39 is 29.0 Å². The highest BCUT2D eigenvalue weighted by molar-refractivity contribution is 6.35. The number of carboxylic acid groups (broad SMARTS) is 2. The van der Waals surface area contributed by atoms with Gasteiger partial charge in [-0.3, -0.25) is 14.9 Å². The van der Waals surface area contributed by atoms with Crippen LogP contribution in [-0.4, -0.2) is 39.9 Å². The molecule has 0 aliphatic rings. The van der Waals surface area contributed by atoms with E-state index in [-0.39, 0.29) is 18.7 Å². The Balaban J connectivity index is 2.84. The Bertz CT molecular complexity index is 641. The molecular formula is C13H14N2O8. The van der Waals surface area contributed by atoms with Crippen LogP contribution in [0.5, 0.6) is 5.75 Å². The number of hydrogen-bond donors (Lipinski definition) is 2. The van der Waals surface area contributed by atoms with Crippen LogP contribution in [0, 0.1) is 10.1 Å². The van der Waals surface area contributed by atoms with Crippen LogP contribution in [-0.2, 0) is 21.0 Å². The second-order valence-corrected chi connectivity index (χ2v) is 4.26. The summed E-state index contributed by atoms with van der Waals surface area (Å²) in [6, 6.07) is 3.84. The summed E-state index contributed by atoms with van der Waals surface area (Å²) in [7, 11) is 1.36.